The second-order valence-electron chi connectivity index (χ2n) is 3.42. The van der Waals surface area contributed by atoms with E-state index in [1.54, 1.807) is 7.05 Å². The Hall–Kier alpha value is -1.55. The van der Waals surface area contributed by atoms with Gasteiger partial charge >= 0.3 is 0 Å². The number of anilines is 1. The summed E-state index contributed by atoms with van der Waals surface area (Å²) < 4.78 is 26.9. The van der Waals surface area contributed by atoms with Gasteiger partial charge in [-0.3, -0.25) is 9.40 Å². The van der Waals surface area contributed by atoms with E-state index in [-0.39, 0.29) is 17.1 Å². The molecule has 0 atom stereocenters. The van der Waals surface area contributed by atoms with Crippen LogP contribution in [0.1, 0.15) is 25.3 Å². The van der Waals surface area contributed by atoms with Gasteiger partial charge in [-0.25, -0.2) is 8.42 Å². The second-order valence-corrected chi connectivity index (χ2v) is 5.26. The molecular weight excluding hydrogens is 228 g/mol. The zero-order valence-electron chi connectivity index (χ0n) is 9.27. The molecule has 7 heteroatoms. The Morgan fingerprint density at radius 1 is 1.62 bits per heavy atom. The maximum atomic E-state index is 11.6. The summed E-state index contributed by atoms with van der Waals surface area (Å²) in [6.07, 6.45) is 2.73. The van der Waals surface area contributed by atoms with Crippen molar-refractivity contribution >= 4 is 15.8 Å². The van der Waals surface area contributed by atoms with Crippen molar-refractivity contribution in [2.75, 3.05) is 10.5 Å². The van der Waals surface area contributed by atoms with Crippen LogP contribution in [0.3, 0.4) is 0 Å². The quantitative estimate of drug-likeness (QED) is 0.828. The molecule has 0 amide bonds. The summed E-state index contributed by atoms with van der Waals surface area (Å²) in [5.74, 6) is 0.276. The Morgan fingerprint density at radius 2 is 2.31 bits per heavy atom. The number of nitrogens with zero attached hydrogens (tertiary/aromatic N) is 3. The molecular formula is C9H14N4O2S. The lowest BCUT2D eigenvalue weighted by molar-refractivity contribution is 0.597. The molecule has 0 bridgehead atoms. The molecule has 0 radical (unpaired) electrons. The van der Waals surface area contributed by atoms with Crippen LogP contribution in [0.2, 0.25) is 0 Å². The normalized spacial score (nSPS) is 11.1. The summed E-state index contributed by atoms with van der Waals surface area (Å²) >= 11 is 0. The van der Waals surface area contributed by atoms with E-state index in [4.69, 9.17) is 5.26 Å². The summed E-state index contributed by atoms with van der Waals surface area (Å²) in [5.41, 5.74) is 0.225. The highest BCUT2D eigenvalue weighted by Crippen LogP contribution is 2.14. The van der Waals surface area contributed by atoms with Gasteiger partial charge in [0.2, 0.25) is 10.0 Å². The molecule has 1 rings (SSSR count). The molecule has 1 aromatic heterocycles. The van der Waals surface area contributed by atoms with Crippen LogP contribution in [-0.2, 0) is 17.1 Å². The number of rotatable bonds is 5. The topological polar surface area (TPSA) is 87.8 Å². The van der Waals surface area contributed by atoms with Crippen molar-refractivity contribution in [1.29, 1.82) is 5.26 Å². The number of nitrogens with one attached hydrogen (secondary N) is 1. The average molecular weight is 242 g/mol. The Labute approximate surface area is 94.9 Å². The number of aromatic nitrogens is 2. The van der Waals surface area contributed by atoms with Crippen LogP contribution in [0.5, 0.6) is 0 Å². The highest BCUT2D eigenvalue weighted by molar-refractivity contribution is 7.92. The first-order chi connectivity index (χ1) is 7.50. The predicted octanol–water partition coefficient (Wildman–Crippen LogP) is 0.834. The monoisotopic (exact) mass is 242 g/mol. The largest absolute Gasteiger partial charge is 0.266 e. The molecule has 0 aliphatic heterocycles. The average Bonchev–Trinajstić information content (AvgIpc) is 2.57. The number of hydrogen-bond acceptors (Lipinski definition) is 4. The standard InChI is InChI=1S/C9H14N4O2S/c1-3-4-5-16(14,15)12-9-8(6-10)7-11-13(9)2/h7,12H,3-5H2,1-2H3. The minimum Gasteiger partial charge on any atom is -0.266 e. The molecule has 16 heavy (non-hydrogen) atoms. The first-order valence-electron chi connectivity index (χ1n) is 4.92. The van der Waals surface area contributed by atoms with Crippen molar-refractivity contribution in [1.82, 2.24) is 9.78 Å². The van der Waals surface area contributed by atoms with Gasteiger partial charge in [0.15, 0.2) is 5.82 Å². The van der Waals surface area contributed by atoms with Crippen molar-refractivity contribution in [3.8, 4) is 6.07 Å². The molecule has 88 valence electrons. The van der Waals surface area contributed by atoms with Gasteiger partial charge in [-0.1, -0.05) is 13.3 Å². The number of unbranched alkanes of at least 4 members (excludes halogenated alkanes) is 1. The van der Waals surface area contributed by atoms with Crippen LogP contribution in [0.15, 0.2) is 6.20 Å². The predicted molar refractivity (Wildman–Crippen MR) is 60.2 cm³/mol. The van der Waals surface area contributed by atoms with E-state index in [9.17, 15) is 8.42 Å². The SMILES string of the molecule is CCCCS(=O)(=O)Nc1c(C#N)cnn1C. The van der Waals surface area contributed by atoms with Crippen molar-refractivity contribution < 1.29 is 8.42 Å². The summed E-state index contributed by atoms with van der Waals surface area (Å²) in [6.45, 7) is 1.92. The van der Waals surface area contributed by atoms with E-state index in [1.807, 2.05) is 13.0 Å². The van der Waals surface area contributed by atoms with Gasteiger partial charge < -0.3 is 0 Å². The second kappa shape index (κ2) is 4.99. The van der Waals surface area contributed by atoms with E-state index in [2.05, 4.69) is 9.82 Å². The zero-order chi connectivity index (χ0) is 12.2. The number of nitriles is 1. The van der Waals surface area contributed by atoms with Crippen LogP contribution in [0.4, 0.5) is 5.82 Å². The minimum atomic E-state index is -3.38. The van der Waals surface area contributed by atoms with Crippen LogP contribution < -0.4 is 4.72 Å². The van der Waals surface area contributed by atoms with Crippen LogP contribution >= 0.6 is 0 Å². The Bertz CT molecular complexity index is 498. The van der Waals surface area contributed by atoms with E-state index in [0.29, 0.717) is 6.42 Å². The summed E-state index contributed by atoms with van der Waals surface area (Å²) in [4.78, 5) is 0. The summed E-state index contributed by atoms with van der Waals surface area (Å²) in [7, 11) is -1.80. The van der Waals surface area contributed by atoms with E-state index < -0.39 is 10.0 Å². The van der Waals surface area contributed by atoms with Crippen molar-refractivity contribution in [2.45, 2.75) is 19.8 Å². The summed E-state index contributed by atoms with van der Waals surface area (Å²) in [6, 6.07) is 1.88. The molecule has 0 saturated carbocycles. The molecule has 0 aromatic carbocycles. The lowest BCUT2D eigenvalue weighted by Gasteiger charge is -2.07. The first-order valence-corrected chi connectivity index (χ1v) is 6.58. The highest BCUT2D eigenvalue weighted by atomic mass is 32.2. The maximum absolute atomic E-state index is 11.6. The Morgan fingerprint density at radius 3 is 2.88 bits per heavy atom. The highest BCUT2D eigenvalue weighted by Gasteiger charge is 2.15. The molecule has 6 nitrogen and oxygen atoms in total. The number of aryl methyl sites for hydroxylation is 1. The van der Waals surface area contributed by atoms with Gasteiger partial charge in [0.25, 0.3) is 0 Å². The summed E-state index contributed by atoms with van der Waals surface area (Å²) in [5, 5.41) is 12.6. The molecule has 0 spiro atoms. The molecule has 0 aliphatic carbocycles. The smallest absolute Gasteiger partial charge is 0.233 e. The fourth-order valence-electron chi connectivity index (χ4n) is 1.17. The van der Waals surface area contributed by atoms with Gasteiger partial charge in [0.05, 0.1) is 11.9 Å². The van der Waals surface area contributed by atoms with Gasteiger partial charge in [-0.15, -0.1) is 0 Å². The van der Waals surface area contributed by atoms with Gasteiger partial charge in [-0.05, 0) is 6.42 Å². The number of sulfonamides is 1. The van der Waals surface area contributed by atoms with Crippen LogP contribution in [0.25, 0.3) is 0 Å². The van der Waals surface area contributed by atoms with E-state index in [0.717, 1.165) is 6.42 Å². The third kappa shape index (κ3) is 2.97. The molecule has 0 fully saturated rings. The first kappa shape index (κ1) is 12.5. The van der Waals surface area contributed by atoms with Gasteiger partial charge in [0, 0.05) is 7.05 Å². The lowest BCUT2D eigenvalue weighted by Crippen LogP contribution is -2.19. The van der Waals surface area contributed by atoms with E-state index >= 15 is 0 Å². The molecule has 0 saturated heterocycles. The molecule has 0 unspecified atom stereocenters. The van der Waals surface area contributed by atoms with Crippen molar-refractivity contribution in [2.24, 2.45) is 7.05 Å². The van der Waals surface area contributed by atoms with Crippen LogP contribution in [-0.4, -0.2) is 24.0 Å². The minimum absolute atomic E-state index is 0.0551. The fourth-order valence-corrected chi connectivity index (χ4v) is 2.48. The van der Waals surface area contributed by atoms with Gasteiger partial charge in [-0.2, -0.15) is 10.4 Å². The molecule has 0 aliphatic rings. The maximum Gasteiger partial charge on any atom is 0.233 e. The third-order valence-corrected chi connectivity index (χ3v) is 3.41. The van der Waals surface area contributed by atoms with Crippen molar-refractivity contribution in [3.05, 3.63) is 11.8 Å². The molecule has 1 aromatic rings. The fraction of sp³-hybridized carbons (Fsp3) is 0.556. The molecule has 1 N–H and O–H groups in total. The number of hydrogen-bond donors (Lipinski definition) is 1. The Kier molecular flexibility index (Phi) is 3.90. The lowest BCUT2D eigenvalue weighted by atomic mass is 10.4. The van der Waals surface area contributed by atoms with Crippen LogP contribution in [0, 0.1) is 11.3 Å². The van der Waals surface area contributed by atoms with E-state index in [1.165, 1.54) is 10.9 Å². The zero-order valence-corrected chi connectivity index (χ0v) is 10.1. The van der Waals surface area contributed by atoms with Crippen molar-refractivity contribution in [3.63, 3.8) is 0 Å². The van der Waals surface area contributed by atoms with Gasteiger partial charge in [0.1, 0.15) is 11.6 Å². The molecule has 1 heterocycles. The third-order valence-electron chi connectivity index (χ3n) is 2.08. The Balaban J connectivity index is 2.88.